The number of carbonyl (C=O) groups is 3. The third-order valence-electron chi connectivity index (χ3n) is 12.8. The Morgan fingerprint density at radius 2 is 0.574 bits per heavy atom. The normalized spacial score (nSPS) is 12.5. The molecule has 0 saturated heterocycles. The summed E-state index contributed by atoms with van der Waals surface area (Å²) in [6.07, 6.45) is 70.7. The minimum absolute atomic E-state index is 0.0765. The average Bonchev–Trinajstić information content (AvgIpc) is 3.34. The fraction of sp³-hybridized carbons (Fsp3) is 0.790. The zero-order valence-electron chi connectivity index (χ0n) is 45.1. The van der Waals surface area contributed by atoms with Gasteiger partial charge in [0.2, 0.25) is 0 Å². The Morgan fingerprint density at radius 1 is 0.309 bits per heavy atom. The van der Waals surface area contributed by atoms with Gasteiger partial charge in [-0.2, -0.15) is 0 Å². The Morgan fingerprint density at radius 3 is 0.897 bits per heavy atom. The molecule has 0 amide bonds. The number of ether oxygens (including phenoxy) is 3. The number of hydrogen-bond acceptors (Lipinski definition) is 6. The van der Waals surface area contributed by atoms with Gasteiger partial charge in [0.05, 0.1) is 0 Å². The van der Waals surface area contributed by atoms with Gasteiger partial charge in [-0.05, 0) is 64.2 Å². The topological polar surface area (TPSA) is 78.9 Å². The molecule has 394 valence electrons. The second-order valence-corrected chi connectivity index (χ2v) is 19.5. The Bertz CT molecular complexity index is 1230. The fourth-order valence-corrected chi connectivity index (χ4v) is 8.41. The zero-order chi connectivity index (χ0) is 49.3. The Labute approximate surface area is 421 Å². The standard InChI is InChI=1S/C62H110O6/c1-4-7-10-13-16-19-22-24-26-28-30-31-32-34-35-37-40-43-46-49-52-55-61(64)67-58-59(57-66-60(63)54-51-48-45-42-39-21-18-15-12-9-6-3)68-62(65)56-53-50-47-44-41-38-36-33-29-27-25-23-20-17-14-11-8-5-2/h7,10,16,19,24,26,30-31,34-35,59H,4-6,8-9,11-15,17-18,20-23,25,27-29,32-33,36-58H2,1-3H3/b10-7-,19-16-,26-24-,31-30-,35-34-. The maximum atomic E-state index is 12.9. The van der Waals surface area contributed by atoms with Gasteiger partial charge in [-0.15, -0.1) is 0 Å². The summed E-state index contributed by atoms with van der Waals surface area (Å²) in [7, 11) is 0. The van der Waals surface area contributed by atoms with E-state index in [1.54, 1.807) is 0 Å². The molecule has 0 aliphatic heterocycles. The summed E-state index contributed by atoms with van der Waals surface area (Å²) in [5.74, 6) is -0.882. The second kappa shape index (κ2) is 56.7. The molecule has 0 saturated carbocycles. The molecule has 68 heavy (non-hydrogen) atoms. The molecule has 0 aliphatic rings. The number of rotatable bonds is 53. The highest BCUT2D eigenvalue weighted by atomic mass is 16.6. The predicted octanol–water partition coefficient (Wildman–Crippen LogP) is 19.6. The van der Waals surface area contributed by atoms with Crippen molar-refractivity contribution in [2.75, 3.05) is 13.2 Å². The lowest BCUT2D eigenvalue weighted by atomic mass is 10.0. The third kappa shape index (κ3) is 54.1. The summed E-state index contributed by atoms with van der Waals surface area (Å²) in [6, 6.07) is 0. The first-order valence-corrected chi connectivity index (χ1v) is 29.3. The van der Waals surface area contributed by atoms with E-state index in [1.165, 1.54) is 148 Å². The summed E-state index contributed by atoms with van der Waals surface area (Å²) >= 11 is 0. The first-order chi connectivity index (χ1) is 33.5. The van der Waals surface area contributed by atoms with Crippen LogP contribution in [0.3, 0.4) is 0 Å². The van der Waals surface area contributed by atoms with E-state index in [-0.39, 0.29) is 31.1 Å². The molecule has 0 fully saturated rings. The van der Waals surface area contributed by atoms with Crippen molar-refractivity contribution in [2.24, 2.45) is 0 Å². The molecule has 0 aromatic rings. The van der Waals surface area contributed by atoms with Crippen molar-refractivity contribution < 1.29 is 28.6 Å². The van der Waals surface area contributed by atoms with Crippen molar-refractivity contribution in [3.05, 3.63) is 60.8 Å². The van der Waals surface area contributed by atoms with Crippen molar-refractivity contribution in [1.29, 1.82) is 0 Å². The maximum Gasteiger partial charge on any atom is 0.306 e. The van der Waals surface area contributed by atoms with Crippen LogP contribution in [0.2, 0.25) is 0 Å². The maximum absolute atomic E-state index is 12.9. The van der Waals surface area contributed by atoms with Gasteiger partial charge in [0, 0.05) is 19.3 Å². The van der Waals surface area contributed by atoms with E-state index in [1.807, 2.05) is 0 Å². The molecule has 0 radical (unpaired) electrons. The van der Waals surface area contributed by atoms with E-state index in [9.17, 15) is 14.4 Å². The molecule has 1 atom stereocenters. The van der Waals surface area contributed by atoms with Crippen LogP contribution in [0.4, 0.5) is 0 Å². The quantitative estimate of drug-likeness (QED) is 0.0262. The van der Waals surface area contributed by atoms with Crippen LogP contribution < -0.4 is 0 Å². The number of hydrogen-bond donors (Lipinski definition) is 0. The van der Waals surface area contributed by atoms with Gasteiger partial charge in [-0.1, -0.05) is 274 Å². The van der Waals surface area contributed by atoms with E-state index in [0.717, 1.165) is 109 Å². The van der Waals surface area contributed by atoms with Crippen LogP contribution in [0.15, 0.2) is 60.8 Å². The van der Waals surface area contributed by atoms with Gasteiger partial charge < -0.3 is 14.2 Å². The number of esters is 3. The molecule has 0 aliphatic carbocycles. The largest absolute Gasteiger partial charge is 0.462 e. The van der Waals surface area contributed by atoms with Crippen LogP contribution in [0, 0.1) is 0 Å². The fourth-order valence-electron chi connectivity index (χ4n) is 8.41. The smallest absolute Gasteiger partial charge is 0.306 e. The van der Waals surface area contributed by atoms with Gasteiger partial charge in [0.15, 0.2) is 6.10 Å². The number of unbranched alkanes of at least 4 members (excludes halogenated alkanes) is 32. The SMILES string of the molecule is CC/C=C\C/C=C\C/C=C\C/C=C\C/C=C\CCCCCCCC(=O)OCC(COC(=O)CCCCCCCCCCCCC)OC(=O)CCCCCCCCCCCCCCCCCCCC. The van der Waals surface area contributed by atoms with Gasteiger partial charge in [0.1, 0.15) is 13.2 Å². The summed E-state index contributed by atoms with van der Waals surface area (Å²) < 4.78 is 16.9. The molecule has 0 aromatic heterocycles. The van der Waals surface area contributed by atoms with Crippen LogP contribution in [0.25, 0.3) is 0 Å². The molecule has 0 rings (SSSR count). The third-order valence-corrected chi connectivity index (χ3v) is 12.8. The molecule has 1 unspecified atom stereocenters. The van der Waals surface area contributed by atoms with E-state index >= 15 is 0 Å². The first-order valence-electron chi connectivity index (χ1n) is 29.3. The lowest BCUT2D eigenvalue weighted by Gasteiger charge is -2.18. The highest BCUT2D eigenvalue weighted by Gasteiger charge is 2.19. The van der Waals surface area contributed by atoms with Crippen LogP contribution in [0.5, 0.6) is 0 Å². The summed E-state index contributed by atoms with van der Waals surface area (Å²) in [4.78, 5) is 38.1. The lowest BCUT2D eigenvalue weighted by Crippen LogP contribution is -2.30. The Balaban J connectivity index is 4.34. The molecule has 0 bridgehead atoms. The predicted molar refractivity (Wildman–Crippen MR) is 293 cm³/mol. The van der Waals surface area contributed by atoms with Gasteiger partial charge in [-0.3, -0.25) is 14.4 Å². The summed E-state index contributed by atoms with van der Waals surface area (Å²) in [5.41, 5.74) is 0. The summed E-state index contributed by atoms with van der Waals surface area (Å²) in [6.45, 7) is 6.54. The molecule has 0 N–H and O–H groups in total. The molecular formula is C62H110O6. The molecular weight excluding hydrogens is 841 g/mol. The van der Waals surface area contributed by atoms with Crippen LogP contribution in [-0.4, -0.2) is 37.2 Å². The highest BCUT2D eigenvalue weighted by Crippen LogP contribution is 2.17. The van der Waals surface area contributed by atoms with Gasteiger partial charge in [0.25, 0.3) is 0 Å². The van der Waals surface area contributed by atoms with Crippen molar-refractivity contribution >= 4 is 17.9 Å². The molecule has 0 aromatic carbocycles. The lowest BCUT2D eigenvalue weighted by molar-refractivity contribution is -0.167. The second-order valence-electron chi connectivity index (χ2n) is 19.5. The Kier molecular flexibility index (Phi) is 54.3. The van der Waals surface area contributed by atoms with Crippen molar-refractivity contribution in [2.45, 2.75) is 303 Å². The van der Waals surface area contributed by atoms with Crippen LogP contribution in [0.1, 0.15) is 297 Å². The molecule has 0 heterocycles. The monoisotopic (exact) mass is 951 g/mol. The van der Waals surface area contributed by atoms with Crippen molar-refractivity contribution in [3.63, 3.8) is 0 Å². The summed E-state index contributed by atoms with van der Waals surface area (Å²) in [5, 5.41) is 0. The van der Waals surface area contributed by atoms with Crippen molar-refractivity contribution in [1.82, 2.24) is 0 Å². The van der Waals surface area contributed by atoms with Gasteiger partial charge in [-0.25, -0.2) is 0 Å². The van der Waals surface area contributed by atoms with E-state index in [2.05, 4.69) is 81.5 Å². The van der Waals surface area contributed by atoms with Crippen LogP contribution >= 0.6 is 0 Å². The number of carbonyl (C=O) groups excluding carboxylic acids is 3. The molecule has 0 spiro atoms. The number of allylic oxidation sites excluding steroid dienone is 10. The zero-order valence-corrected chi connectivity index (χ0v) is 45.1. The van der Waals surface area contributed by atoms with Gasteiger partial charge >= 0.3 is 17.9 Å². The highest BCUT2D eigenvalue weighted by molar-refractivity contribution is 5.71. The first kappa shape index (κ1) is 65.1. The average molecular weight is 952 g/mol. The van der Waals surface area contributed by atoms with E-state index < -0.39 is 6.10 Å². The molecule has 6 heteroatoms. The minimum atomic E-state index is -0.778. The minimum Gasteiger partial charge on any atom is -0.462 e. The molecule has 6 nitrogen and oxygen atoms in total. The Hall–Kier alpha value is -2.89. The van der Waals surface area contributed by atoms with Crippen LogP contribution in [-0.2, 0) is 28.6 Å². The van der Waals surface area contributed by atoms with E-state index in [0.29, 0.717) is 19.3 Å². The van der Waals surface area contributed by atoms with Crippen molar-refractivity contribution in [3.8, 4) is 0 Å². The van der Waals surface area contributed by atoms with E-state index in [4.69, 9.17) is 14.2 Å².